The maximum absolute atomic E-state index is 13.2. The van der Waals surface area contributed by atoms with Gasteiger partial charge in [-0.05, 0) is 72.2 Å². The third-order valence-electron chi connectivity index (χ3n) is 4.51. The molecule has 5 heteroatoms. The van der Waals surface area contributed by atoms with Gasteiger partial charge in [0.2, 0.25) is 0 Å². The van der Waals surface area contributed by atoms with Gasteiger partial charge in [0.1, 0.15) is 0 Å². The molecule has 0 bridgehead atoms. The van der Waals surface area contributed by atoms with Crippen molar-refractivity contribution < 1.29 is 14.4 Å². The van der Waals surface area contributed by atoms with Crippen LogP contribution in [-0.4, -0.2) is 28.1 Å². The first kappa shape index (κ1) is 21.4. The largest absolute Gasteiger partial charge is 0.295 e. The number of carbonyl (C=O) groups is 3. The van der Waals surface area contributed by atoms with Gasteiger partial charge in [-0.3, -0.25) is 19.8 Å². The fraction of sp³-hybridized carbons (Fsp3) is 0.348. The molecule has 0 saturated carbocycles. The summed E-state index contributed by atoms with van der Waals surface area (Å²) in [6.07, 6.45) is 0. The second-order valence-electron chi connectivity index (χ2n) is 8.16. The minimum absolute atomic E-state index is 0.105. The van der Waals surface area contributed by atoms with Crippen molar-refractivity contribution in [3.05, 3.63) is 69.8 Å². The Kier molecular flexibility index (Phi) is 6.07. The van der Waals surface area contributed by atoms with E-state index in [-0.39, 0.29) is 11.7 Å². The van der Waals surface area contributed by atoms with Gasteiger partial charge in [-0.15, -0.1) is 0 Å². The molecule has 5 nitrogen and oxygen atoms in total. The smallest absolute Gasteiger partial charge is 0.272 e. The highest BCUT2D eigenvalue weighted by atomic mass is 16.2. The summed E-state index contributed by atoms with van der Waals surface area (Å²) in [7, 11) is 0. The van der Waals surface area contributed by atoms with E-state index in [1.54, 1.807) is 25.1 Å². The van der Waals surface area contributed by atoms with Crippen molar-refractivity contribution >= 4 is 17.6 Å². The van der Waals surface area contributed by atoms with E-state index in [1.807, 2.05) is 52.8 Å². The van der Waals surface area contributed by atoms with Crippen LogP contribution < -0.4 is 5.43 Å². The number of ketones is 1. The fourth-order valence-electron chi connectivity index (χ4n) is 3.18. The van der Waals surface area contributed by atoms with Crippen molar-refractivity contribution in [1.82, 2.24) is 10.4 Å². The topological polar surface area (TPSA) is 66.5 Å². The number of rotatable bonds is 3. The Balaban J connectivity index is 2.41. The number of nitrogens with zero attached hydrogens (tertiary/aromatic N) is 1. The number of hydrogen-bond acceptors (Lipinski definition) is 3. The summed E-state index contributed by atoms with van der Waals surface area (Å²) in [6.45, 7) is 12.6. The van der Waals surface area contributed by atoms with Gasteiger partial charge in [0.15, 0.2) is 5.78 Å². The predicted octanol–water partition coefficient (Wildman–Crippen LogP) is 4.40. The normalized spacial score (nSPS) is 11.1. The summed E-state index contributed by atoms with van der Waals surface area (Å²) in [5, 5.41) is 1.35. The number of amides is 2. The Morgan fingerprint density at radius 2 is 1.43 bits per heavy atom. The zero-order chi connectivity index (χ0) is 21.2. The highest BCUT2D eigenvalue weighted by Gasteiger charge is 2.30. The van der Waals surface area contributed by atoms with E-state index in [0.29, 0.717) is 22.3 Å². The minimum atomic E-state index is -0.642. The molecular formula is C23H28N2O3. The molecule has 2 aromatic carbocycles. The Morgan fingerprint density at radius 1 is 0.893 bits per heavy atom. The minimum Gasteiger partial charge on any atom is -0.295 e. The van der Waals surface area contributed by atoms with Gasteiger partial charge in [-0.1, -0.05) is 29.3 Å². The average molecular weight is 380 g/mol. The van der Waals surface area contributed by atoms with E-state index in [4.69, 9.17) is 0 Å². The molecule has 2 aromatic rings. The predicted molar refractivity (Wildman–Crippen MR) is 110 cm³/mol. The van der Waals surface area contributed by atoms with Gasteiger partial charge in [0, 0.05) is 16.7 Å². The number of benzene rings is 2. The molecule has 0 saturated heterocycles. The lowest BCUT2D eigenvalue weighted by Crippen LogP contribution is -2.56. The second-order valence-corrected chi connectivity index (χ2v) is 8.16. The quantitative estimate of drug-likeness (QED) is 0.634. The lowest BCUT2D eigenvalue weighted by atomic mass is 9.99. The monoisotopic (exact) mass is 380 g/mol. The Hall–Kier alpha value is -2.95. The Labute approximate surface area is 166 Å². The van der Waals surface area contributed by atoms with Crippen molar-refractivity contribution in [3.8, 4) is 0 Å². The van der Waals surface area contributed by atoms with Gasteiger partial charge >= 0.3 is 0 Å². The standard InChI is InChI=1S/C23H28N2O3/c1-14-11-15(2)13-18(12-14)22(28)25(23(5,6)7)24-21(27)20-10-8-9-19(16(20)3)17(4)26/h8-13H,1-7H3,(H,24,27). The molecular weight excluding hydrogens is 352 g/mol. The molecule has 1 N–H and O–H groups in total. The van der Waals surface area contributed by atoms with Crippen LogP contribution in [0.25, 0.3) is 0 Å². The van der Waals surface area contributed by atoms with Crippen molar-refractivity contribution in [3.63, 3.8) is 0 Å². The number of carbonyl (C=O) groups excluding carboxylic acids is 3. The van der Waals surface area contributed by atoms with Crippen LogP contribution in [0.4, 0.5) is 0 Å². The van der Waals surface area contributed by atoms with Gasteiger partial charge < -0.3 is 0 Å². The number of hydrogen-bond donors (Lipinski definition) is 1. The molecule has 0 aromatic heterocycles. The first-order valence-corrected chi connectivity index (χ1v) is 9.26. The van der Waals surface area contributed by atoms with Crippen LogP contribution in [0.3, 0.4) is 0 Å². The summed E-state index contributed by atoms with van der Waals surface area (Å²) in [5.74, 6) is -0.813. The highest BCUT2D eigenvalue weighted by Crippen LogP contribution is 2.19. The van der Waals surface area contributed by atoms with Crippen molar-refractivity contribution in [2.75, 3.05) is 0 Å². The van der Waals surface area contributed by atoms with Crippen LogP contribution in [-0.2, 0) is 0 Å². The molecule has 148 valence electrons. The first-order chi connectivity index (χ1) is 12.9. The summed E-state index contributed by atoms with van der Waals surface area (Å²) in [5.41, 5.74) is 6.05. The zero-order valence-corrected chi connectivity index (χ0v) is 17.6. The summed E-state index contributed by atoms with van der Waals surface area (Å²) < 4.78 is 0. The van der Waals surface area contributed by atoms with Gasteiger partial charge in [0.25, 0.3) is 11.8 Å². The number of Topliss-reactive ketones (excluding diaryl/α,β-unsaturated/α-hetero) is 1. The lowest BCUT2D eigenvalue weighted by molar-refractivity contribution is 0.0358. The third-order valence-corrected chi connectivity index (χ3v) is 4.51. The average Bonchev–Trinajstić information content (AvgIpc) is 2.56. The molecule has 0 atom stereocenters. The number of aryl methyl sites for hydroxylation is 2. The number of hydrazine groups is 1. The fourth-order valence-corrected chi connectivity index (χ4v) is 3.18. The molecule has 0 spiro atoms. The van der Waals surface area contributed by atoms with Crippen LogP contribution in [0, 0.1) is 20.8 Å². The van der Waals surface area contributed by atoms with E-state index in [1.165, 1.54) is 11.9 Å². The van der Waals surface area contributed by atoms with Crippen LogP contribution in [0.15, 0.2) is 36.4 Å². The summed E-state index contributed by atoms with van der Waals surface area (Å²) in [6, 6.07) is 10.6. The molecule has 0 aliphatic rings. The molecule has 28 heavy (non-hydrogen) atoms. The van der Waals surface area contributed by atoms with Crippen LogP contribution in [0.1, 0.15) is 75.5 Å². The molecule has 0 fully saturated rings. The molecule has 0 radical (unpaired) electrons. The van der Waals surface area contributed by atoms with Crippen LogP contribution in [0.5, 0.6) is 0 Å². The van der Waals surface area contributed by atoms with Crippen molar-refractivity contribution in [2.24, 2.45) is 0 Å². The SMILES string of the molecule is CC(=O)c1cccc(C(=O)NN(C(=O)c2cc(C)cc(C)c2)C(C)(C)C)c1C. The van der Waals surface area contributed by atoms with E-state index < -0.39 is 11.4 Å². The Morgan fingerprint density at radius 3 is 1.93 bits per heavy atom. The van der Waals surface area contributed by atoms with E-state index in [2.05, 4.69) is 5.43 Å². The van der Waals surface area contributed by atoms with Crippen LogP contribution in [0.2, 0.25) is 0 Å². The molecule has 0 unspecified atom stereocenters. The first-order valence-electron chi connectivity index (χ1n) is 9.26. The van der Waals surface area contributed by atoms with Gasteiger partial charge in [-0.2, -0.15) is 0 Å². The van der Waals surface area contributed by atoms with Gasteiger partial charge in [-0.25, -0.2) is 5.01 Å². The maximum atomic E-state index is 13.2. The molecule has 0 heterocycles. The van der Waals surface area contributed by atoms with E-state index >= 15 is 0 Å². The van der Waals surface area contributed by atoms with E-state index in [0.717, 1.165) is 11.1 Å². The maximum Gasteiger partial charge on any atom is 0.272 e. The molecule has 0 aliphatic heterocycles. The molecule has 2 rings (SSSR count). The van der Waals surface area contributed by atoms with Crippen molar-refractivity contribution in [1.29, 1.82) is 0 Å². The summed E-state index contributed by atoms with van der Waals surface area (Å²) in [4.78, 5) is 37.9. The van der Waals surface area contributed by atoms with Crippen molar-refractivity contribution in [2.45, 2.75) is 54.0 Å². The highest BCUT2D eigenvalue weighted by molar-refractivity contribution is 6.03. The molecule has 0 aliphatic carbocycles. The third kappa shape index (κ3) is 4.66. The Bertz CT molecular complexity index is 919. The van der Waals surface area contributed by atoms with Crippen LogP contribution >= 0.6 is 0 Å². The zero-order valence-electron chi connectivity index (χ0n) is 17.6. The van der Waals surface area contributed by atoms with E-state index in [9.17, 15) is 14.4 Å². The second kappa shape index (κ2) is 7.97. The van der Waals surface area contributed by atoms with Gasteiger partial charge in [0.05, 0.1) is 5.54 Å². The molecule has 2 amide bonds. The summed E-state index contributed by atoms with van der Waals surface area (Å²) >= 11 is 0. The number of nitrogens with one attached hydrogen (secondary N) is 1. The lowest BCUT2D eigenvalue weighted by Gasteiger charge is -2.35.